The van der Waals surface area contributed by atoms with Gasteiger partial charge in [0.1, 0.15) is 0 Å². The van der Waals surface area contributed by atoms with Gasteiger partial charge in [0, 0.05) is 39.1 Å². The Hall–Kier alpha value is -2.30. The second-order valence-electron chi connectivity index (χ2n) is 6.62. The third-order valence-corrected chi connectivity index (χ3v) is 4.51. The van der Waals surface area contributed by atoms with Crippen LogP contribution < -0.4 is 5.32 Å². The molecule has 1 aliphatic heterocycles. The summed E-state index contributed by atoms with van der Waals surface area (Å²) in [5, 5.41) is 7.79. The van der Waals surface area contributed by atoms with Crippen LogP contribution in [0.3, 0.4) is 0 Å². The van der Waals surface area contributed by atoms with Crippen molar-refractivity contribution in [1.29, 1.82) is 0 Å². The average molecular weight is 325 g/mol. The molecule has 5 nitrogen and oxygen atoms in total. The lowest BCUT2D eigenvalue weighted by Crippen LogP contribution is -2.45. The van der Waals surface area contributed by atoms with Crippen LogP contribution in [0.15, 0.2) is 47.7 Å². The predicted molar refractivity (Wildman–Crippen MR) is 97.9 cm³/mol. The molecule has 0 amide bonds. The molecule has 0 spiro atoms. The maximum atomic E-state index is 4.46. The number of piperidine rings is 1. The van der Waals surface area contributed by atoms with Crippen molar-refractivity contribution in [2.45, 2.75) is 32.9 Å². The van der Waals surface area contributed by atoms with Crippen LogP contribution in [-0.2, 0) is 13.1 Å². The van der Waals surface area contributed by atoms with Gasteiger partial charge < -0.3 is 10.2 Å². The van der Waals surface area contributed by atoms with Gasteiger partial charge in [-0.3, -0.25) is 9.67 Å². The van der Waals surface area contributed by atoms with Crippen molar-refractivity contribution < 1.29 is 0 Å². The molecule has 24 heavy (non-hydrogen) atoms. The number of rotatable bonds is 4. The molecule has 0 aliphatic carbocycles. The van der Waals surface area contributed by atoms with Gasteiger partial charge in [0.05, 0.1) is 6.54 Å². The lowest BCUT2D eigenvalue weighted by molar-refractivity contribution is 0.266. The van der Waals surface area contributed by atoms with Crippen LogP contribution in [0.4, 0.5) is 0 Å². The Morgan fingerprint density at radius 1 is 1.33 bits per heavy atom. The predicted octanol–water partition coefficient (Wildman–Crippen LogP) is 2.74. The number of nitrogens with one attached hydrogen (secondary N) is 1. The van der Waals surface area contributed by atoms with Crippen LogP contribution in [0.1, 0.15) is 30.9 Å². The number of aliphatic imine (C=N–C) groups is 1. The first-order valence-electron chi connectivity index (χ1n) is 8.75. The van der Waals surface area contributed by atoms with Gasteiger partial charge in [-0.25, -0.2) is 0 Å². The molecule has 1 aliphatic rings. The second kappa shape index (κ2) is 7.99. The first-order valence-corrected chi connectivity index (χ1v) is 8.75. The Kier molecular flexibility index (Phi) is 5.51. The van der Waals surface area contributed by atoms with E-state index < -0.39 is 0 Å². The van der Waals surface area contributed by atoms with E-state index in [0.29, 0.717) is 0 Å². The summed E-state index contributed by atoms with van der Waals surface area (Å²) < 4.78 is 1.95. The molecule has 128 valence electrons. The van der Waals surface area contributed by atoms with E-state index in [4.69, 9.17) is 0 Å². The summed E-state index contributed by atoms with van der Waals surface area (Å²) in [7, 11) is 1.87. The molecule has 1 unspecified atom stereocenters. The van der Waals surface area contributed by atoms with Gasteiger partial charge in [-0.05, 0) is 36.0 Å². The Labute approximate surface area is 144 Å². The molecule has 2 aromatic rings. The summed E-state index contributed by atoms with van der Waals surface area (Å²) in [6, 6.07) is 10.6. The third kappa shape index (κ3) is 4.37. The first-order chi connectivity index (χ1) is 11.7. The van der Waals surface area contributed by atoms with E-state index in [1.165, 1.54) is 24.0 Å². The molecular formula is C19H27N5. The van der Waals surface area contributed by atoms with E-state index in [1.807, 2.05) is 30.2 Å². The zero-order valence-electron chi connectivity index (χ0n) is 14.7. The fraction of sp³-hybridized carbons (Fsp3) is 0.474. The van der Waals surface area contributed by atoms with Crippen molar-refractivity contribution in [3.8, 4) is 0 Å². The van der Waals surface area contributed by atoms with Crippen LogP contribution in [-0.4, -0.2) is 40.8 Å². The van der Waals surface area contributed by atoms with Crippen LogP contribution in [0.25, 0.3) is 0 Å². The van der Waals surface area contributed by atoms with Crippen molar-refractivity contribution in [2.75, 3.05) is 20.1 Å². The normalized spacial score (nSPS) is 18.7. The standard InChI is InChI=1S/C19H27N5/c1-16-6-4-10-23(14-16)19(20-2)21-13-17-7-3-8-18(12-17)15-24-11-5-9-22-24/h3,5,7-9,11-12,16H,4,6,10,13-15H2,1-2H3,(H,20,21). The molecule has 1 aromatic heterocycles. The second-order valence-corrected chi connectivity index (χ2v) is 6.62. The molecule has 0 saturated carbocycles. The van der Waals surface area contributed by atoms with Gasteiger partial charge in [-0.15, -0.1) is 0 Å². The minimum Gasteiger partial charge on any atom is -0.352 e. The minimum absolute atomic E-state index is 0.745. The average Bonchev–Trinajstić information content (AvgIpc) is 3.09. The van der Waals surface area contributed by atoms with Crippen LogP contribution in [0.2, 0.25) is 0 Å². The molecule has 0 bridgehead atoms. The van der Waals surface area contributed by atoms with Gasteiger partial charge >= 0.3 is 0 Å². The quantitative estimate of drug-likeness (QED) is 0.694. The molecule has 1 aromatic carbocycles. The largest absolute Gasteiger partial charge is 0.352 e. The topological polar surface area (TPSA) is 45.5 Å². The van der Waals surface area contributed by atoms with Crippen molar-refractivity contribution in [2.24, 2.45) is 10.9 Å². The SMILES string of the molecule is CN=C(NCc1cccc(Cn2cccn2)c1)N1CCCC(C)C1. The Morgan fingerprint density at radius 2 is 2.21 bits per heavy atom. The van der Waals surface area contributed by atoms with Crippen molar-refractivity contribution in [3.05, 3.63) is 53.9 Å². The number of hydrogen-bond donors (Lipinski definition) is 1. The molecule has 1 saturated heterocycles. The highest BCUT2D eigenvalue weighted by atomic mass is 15.3. The zero-order valence-corrected chi connectivity index (χ0v) is 14.7. The zero-order chi connectivity index (χ0) is 16.8. The number of benzene rings is 1. The number of hydrogen-bond acceptors (Lipinski definition) is 2. The van der Waals surface area contributed by atoms with Gasteiger partial charge in [-0.2, -0.15) is 5.10 Å². The molecule has 1 N–H and O–H groups in total. The summed E-state index contributed by atoms with van der Waals surface area (Å²) in [4.78, 5) is 6.84. The van der Waals surface area contributed by atoms with E-state index in [0.717, 1.165) is 38.1 Å². The third-order valence-electron chi connectivity index (χ3n) is 4.51. The maximum Gasteiger partial charge on any atom is 0.193 e. The van der Waals surface area contributed by atoms with Crippen molar-refractivity contribution in [3.63, 3.8) is 0 Å². The van der Waals surface area contributed by atoms with Gasteiger partial charge in [0.25, 0.3) is 0 Å². The van der Waals surface area contributed by atoms with E-state index in [2.05, 4.69) is 51.5 Å². The van der Waals surface area contributed by atoms with E-state index in [1.54, 1.807) is 0 Å². The molecule has 3 rings (SSSR count). The summed E-state index contributed by atoms with van der Waals surface area (Å²) in [5.74, 6) is 1.76. The molecule has 1 fully saturated rings. The molecule has 5 heteroatoms. The monoisotopic (exact) mass is 325 g/mol. The van der Waals surface area contributed by atoms with Gasteiger partial charge in [-0.1, -0.05) is 31.2 Å². The summed E-state index contributed by atoms with van der Waals surface area (Å²) in [6.45, 7) is 6.12. The lowest BCUT2D eigenvalue weighted by Gasteiger charge is -2.33. The molecular weight excluding hydrogens is 298 g/mol. The van der Waals surface area contributed by atoms with Crippen LogP contribution >= 0.6 is 0 Å². The van der Waals surface area contributed by atoms with Crippen LogP contribution in [0.5, 0.6) is 0 Å². The number of likely N-dealkylation sites (tertiary alicyclic amines) is 1. The smallest absolute Gasteiger partial charge is 0.193 e. The fourth-order valence-electron chi connectivity index (χ4n) is 3.31. The summed E-state index contributed by atoms with van der Waals surface area (Å²) >= 11 is 0. The highest BCUT2D eigenvalue weighted by Gasteiger charge is 2.18. The lowest BCUT2D eigenvalue weighted by atomic mass is 10.0. The minimum atomic E-state index is 0.745. The molecule has 1 atom stereocenters. The van der Waals surface area contributed by atoms with Crippen LogP contribution in [0, 0.1) is 5.92 Å². The van der Waals surface area contributed by atoms with E-state index >= 15 is 0 Å². The Morgan fingerprint density at radius 3 is 2.96 bits per heavy atom. The van der Waals surface area contributed by atoms with E-state index in [-0.39, 0.29) is 0 Å². The highest BCUT2D eigenvalue weighted by Crippen LogP contribution is 2.15. The number of aromatic nitrogens is 2. The summed E-state index contributed by atoms with van der Waals surface area (Å²) in [5.41, 5.74) is 2.53. The fourth-order valence-corrected chi connectivity index (χ4v) is 3.31. The number of nitrogens with zero attached hydrogens (tertiary/aromatic N) is 4. The first kappa shape index (κ1) is 16.6. The van der Waals surface area contributed by atoms with Crippen molar-refractivity contribution >= 4 is 5.96 Å². The highest BCUT2D eigenvalue weighted by molar-refractivity contribution is 5.80. The number of guanidine groups is 1. The maximum absolute atomic E-state index is 4.46. The van der Waals surface area contributed by atoms with Crippen molar-refractivity contribution in [1.82, 2.24) is 20.0 Å². The van der Waals surface area contributed by atoms with Gasteiger partial charge in [0.2, 0.25) is 0 Å². The Balaban J connectivity index is 1.59. The van der Waals surface area contributed by atoms with E-state index in [9.17, 15) is 0 Å². The molecule has 0 radical (unpaired) electrons. The summed E-state index contributed by atoms with van der Waals surface area (Å²) in [6.07, 6.45) is 6.38. The van der Waals surface area contributed by atoms with Gasteiger partial charge in [0.15, 0.2) is 5.96 Å². The molecule has 2 heterocycles. The Bertz CT molecular complexity index is 662.